The van der Waals surface area contributed by atoms with Crippen molar-refractivity contribution in [1.82, 2.24) is 0 Å². The fourth-order valence-corrected chi connectivity index (χ4v) is 3.60. The van der Waals surface area contributed by atoms with Gasteiger partial charge in [-0.05, 0) is 37.5 Å². The van der Waals surface area contributed by atoms with Crippen LogP contribution in [0.5, 0.6) is 5.75 Å². The number of carbonyl (C=O) groups excluding carboxylic acids is 1. The van der Waals surface area contributed by atoms with Crippen molar-refractivity contribution in [3.63, 3.8) is 0 Å². The Morgan fingerprint density at radius 2 is 2.08 bits per heavy atom. The van der Waals surface area contributed by atoms with Gasteiger partial charge in [0.15, 0.2) is 0 Å². The van der Waals surface area contributed by atoms with Crippen LogP contribution in [0.1, 0.15) is 30.9 Å². The molecular formula is C16H17BrF3NO3. The van der Waals surface area contributed by atoms with Crippen LogP contribution < -0.4 is 9.64 Å². The van der Waals surface area contributed by atoms with Crippen LogP contribution in [-0.2, 0) is 17.4 Å². The Bertz CT molecular complexity index is 667. The smallest absolute Gasteiger partial charge is 0.418 e. The van der Waals surface area contributed by atoms with E-state index in [1.165, 1.54) is 11.0 Å². The van der Waals surface area contributed by atoms with Gasteiger partial charge < -0.3 is 14.7 Å². The topological polar surface area (TPSA) is 49.8 Å². The molecule has 0 saturated heterocycles. The third kappa shape index (κ3) is 3.13. The molecule has 1 N–H and O–H groups in total. The number of ether oxygens (including phenoxy) is 1. The van der Waals surface area contributed by atoms with E-state index < -0.39 is 23.4 Å². The molecule has 1 amide bonds. The third-order valence-electron chi connectivity index (χ3n) is 4.38. The predicted molar refractivity (Wildman–Crippen MR) is 85.6 cm³/mol. The zero-order valence-electron chi connectivity index (χ0n) is 13.0. The first-order chi connectivity index (χ1) is 11.1. The molecule has 0 spiro atoms. The van der Waals surface area contributed by atoms with E-state index in [9.17, 15) is 23.1 Å². The van der Waals surface area contributed by atoms with Crippen LogP contribution in [-0.4, -0.2) is 34.6 Å². The Labute approximate surface area is 145 Å². The SMILES string of the molecule is C[C@]1(O)C[C@@H](N2C(=O)Cc3cc(OCCBr)cc(C(F)(F)F)c32)C1. The number of nitrogens with zero attached hydrogens (tertiary/aromatic N) is 1. The van der Waals surface area contributed by atoms with Gasteiger partial charge in [0, 0.05) is 11.4 Å². The lowest BCUT2D eigenvalue weighted by atomic mass is 9.76. The normalized spacial score (nSPS) is 26.3. The summed E-state index contributed by atoms with van der Waals surface area (Å²) in [7, 11) is 0. The van der Waals surface area contributed by atoms with Crippen molar-refractivity contribution in [1.29, 1.82) is 0 Å². The van der Waals surface area contributed by atoms with E-state index in [0.717, 1.165) is 6.07 Å². The summed E-state index contributed by atoms with van der Waals surface area (Å²) < 4.78 is 45.9. The first-order valence-electron chi connectivity index (χ1n) is 7.60. The van der Waals surface area contributed by atoms with Crippen molar-refractivity contribution in [3.05, 3.63) is 23.3 Å². The summed E-state index contributed by atoms with van der Waals surface area (Å²) in [6.07, 6.45) is -4.12. The van der Waals surface area contributed by atoms with Gasteiger partial charge in [0.25, 0.3) is 0 Å². The second-order valence-electron chi connectivity index (χ2n) is 6.51. The molecule has 4 nitrogen and oxygen atoms in total. The Morgan fingerprint density at radius 1 is 1.42 bits per heavy atom. The van der Waals surface area contributed by atoms with E-state index in [2.05, 4.69) is 15.9 Å². The first-order valence-corrected chi connectivity index (χ1v) is 8.72. The van der Waals surface area contributed by atoms with Gasteiger partial charge >= 0.3 is 6.18 Å². The maximum Gasteiger partial charge on any atom is 0.418 e. The number of carbonyl (C=O) groups is 1. The van der Waals surface area contributed by atoms with Crippen molar-refractivity contribution < 1.29 is 27.8 Å². The predicted octanol–water partition coefficient (Wildman–Crippen LogP) is 3.28. The number of hydrogen-bond acceptors (Lipinski definition) is 3. The third-order valence-corrected chi connectivity index (χ3v) is 4.70. The Balaban J connectivity index is 2.02. The van der Waals surface area contributed by atoms with Crippen LogP contribution in [0, 0.1) is 0 Å². The van der Waals surface area contributed by atoms with Crippen molar-refractivity contribution in [2.75, 3.05) is 16.8 Å². The highest BCUT2D eigenvalue weighted by molar-refractivity contribution is 9.09. The van der Waals surface area contributed by atoms with Gasteiger partial charge in [-0.3, -0.25) is 4.79 Å². The quantitative estimate of drug-likeness (QED) is 0.779. The van der Waals surface area contributed by atoms with Crippen molar-refractivity contribution >= 4 is 27.5 Å². The standard InChI is InChI=1S/C16H17BrF3NO3/c1-15(23)7-10(8-15)21-13(22)5-9-4-11(24-3-2-17)6-12(14(9)21)16(18,19)20/h4,6,10,23H,2-3,5,7-8H2,1H3/t10-,15+. The van der Waals surface area contributed by atoms with Crippen LogP contribution in [0.25, 0.3) is 0 Å². The Hall–Kier alpha value is -1.28. The minimum absolute atomic E-state index is 0.0808. The molecule has 1 aliphatic heterocycles. The summed E-state index contributed by atoms with van der Waals surface area (Å²) in [6.45, 7) is 1.85. The summed E-state index contributed by atoms with van der Waals surface area (Å²) in [5, 5.41) is 10.4. The fraction of sp³-hybridized carbons (Fsp3) is 0.562. The van der Waals surface area contributed by atoms with Crippen LogP contribution in [0.2, 0.25) is 0 Å². The lowest BCUT2D eigenvalue weighted by Crippen LogP contribution is -2.55. The number of halogens is 4. The first kappa shape index (κ1) is 17.5. The molecule has 24 heavy (non-hydrogen) atoms. The number of amides is 1. The second-order valence-corrected chi connectivity index (χ2v) is 7.31. The van der Waals surface area contributed by atoms with Crippen LogP contribution in [0.4, 0.5) is 18.9 Å². The minimum Gasteiger partial charge on any atom is -0.493 e. The van der Waals surface area contributed by atoms with Gasteiger partial charge in [0.2, 0.25) is 5.91 Å². The number of alkyl halides is 4. The zero-order chi connectivity index (χ0) is 17.7. The molecule has 0 unspecified atom stereocenters. The van der Waals surface area contributed by atoms with E-state index in [-0.39, 0.29) is 43.2 Å². The maximum atomic E-state index is 13.5. The summed E-state index contributed by atoms with van der Waals surface area (Å²) in [4.78, 5) is 13.5. The van der Waals surface area contributed by atoms with E-state index in [1.807, 2.05) is 0 Å². The molecule has 2 aliphatic rings. The molecule has 0 radical (unpaired) electrons. The molecule has 1 fully saturated rings. The monoisotopic (exact) mass is 407 g/mol. The van der Waals surface area contributed by atoms with Crippen molar-refractivity contribution in [2.45, 2.75) is 44.0 Å². The molecule has 8 heteroatoms. The number of hydrogen-bond donors (Lipinski definition) is 1. The highest BCUT2D eigenvalue weighted by atomic mass is 79.9. The van der Waals surface area contributed by atoms with Crippen LogP contribution in [0.15, 0.2) is 12.1 Å². The molecule has 1 heterocycles. The highest BCUT2D eigenvalue weighted by Gasteiger charge is 2.49. The molecule has 1 aliphatic carbocycles. The summed E-state index contributed by atoms with van der Waals surface area (Å²) in [5.41, 5.74) is -1.54. The van der Waals surface area contributed by atoms with Gasteiger partial charge in [-0.1, -0.05) is 15.9 Å². The van der Waals surface area contributed by atoms with E-state index >= 15 is 0 Å². The van der Waals surface area contributed by atoms with Gasteiger partial charge in [-0.15, -0.1) is 0 Å². The van der Waals surface area contributed by atoms with E-state index in [4.69, 9.17) is 4.74 Å². The van der Waals surface area contributed by atoms with Crippen molar-refractivity contribution in [3.8, 4) is 5.75 Å². The van der Waals surface area contributed by atoms with E-state index in [1.54, 1.807) is 6.92 Å². The number of rotatable bonds is 4. The van der Waals surface area contributed by atoms with Crippen LogP contribution >= 0.6 is 15.9 Å². The highest BCUT2D eigenvalue weighted by Crippen LogP contribution is 2.48. The second kappa shape index (κ2) is 5.91. The number of aliphatic hydroxyl groups is 1. The van der Waals surface area contributed by atoms with Crippen molar-refractivity contribution in [2.24, 2.45) is 0 Å². The molecule has 1 aromatic carbocycles. The summed E-state index contributed by atoms with van der Waals surface area (Å²) in [5.74, 6) is -0.260. The zero-order valence-corrected chi connectivity index (χ0v) is 14.6. The minimum atomic E-state index is -4.59. The van der Waals surface area contributed by atoms with Gasteiger partial charge in [-0.25, -0.2) is 0 Å². The van der Waals surface area contributed by atoms with Gasteiger partial charge in [-0.2, -0.15) is 13.2 Å². The average Bonchev–Trinajstić information content (AvgIpc) is 2.75. The number of fused-ring (bicyclic) bond motifs is 1. The molecule has 0 aromatic heterocycles. The summed E-state index contributed by atoms with van der Waals surface area (Å²) >= 11 is 3.16. The lowest BCUT2D eigenvalue weighted by molar-refractivity contribution is -0.137. The van der Waals surface area contributed by atoms with E-state index in [0.29, 0.717) is 10.9 Å². The van der Waals surface area contributed by atoms with Gasteiger partial charge in [0.1, 0.15) is 5.75 Å². The maximum absolute atomic E-state index is 13.5. The molecule has 3 rings (SSSR count). The average molecular weight is 408 g/mol. The molecule has 1 saturated carbocycles. The molecule has 1 aromatic rings. The van der Waals surface area contributed by atoms with Gasteiger partial charge in [0.05, 0.1) is 29.9 Å². The summed E-state index contributed by atoms with van der Waals surface area (Å²) in [6, 6.07) is 2.05. The van der Waals surface area contributed by atoms with Crippen LogP contribution in [0.3, 0.4) is 0 Å². The Kier molecular flexibility index (Phi) is 4.32. The molecule has 0 atom stereocenters. The largest absolute Gasteiger partial charge is 0.493 e. The molecule has 0 bridgehead atoms. The number of benzene rings is 1. The Morgan fingerprint density at radius 3 is 2.62 bits per heavy atom. The fourth-order valence-electron chi connectivity index (χ4n) is 3.44. The molecular weight excluding hydrogens is 391 g/mol. The molecule has 132 valence electrons. The number of anilines is 1. The lowest BCUT2D eigenvalue weighted by Gasteiger charge is -2.46.